The Morgan fingerprint density at radius 1 is 1.08 bits per heavy atom. The lowest BCUT2D eigenvalue weighted by atomic mass is 9.53. The topological polar surface area (TPSA) is 55.4 Å². The molecule has 4 aliphatic rings. The number of ether oxygens (including phenoxy) is 1. The van der Waals surface area contributed by atoms with Gasteiger partial charge in [-0.1, -0.05) is 6.07 Å². The van der Waals surface area contributed by atoms with Crippen molar-refractivity contribution in [3.05, 3.63) is 35.4 Å². The average Bonchev–Trinajstić information content (AvgIpc) is 2.52. The van der Waals surface area contributed by atoms with Crippen LogP contribution in [0.2, 0.25) is 0 Å². The van der Waals surface area contributed by atoms with Crippen molar-refractivity contribution < 1.29 is 23.1 Å². The minimum Gasteiger partial charge on any atom is -0.449 e. The fourth-order valence-corrected chi connectivity index (χ4v) is 5.59. The predicted molar refractivity (Wildman–Crippen MR) is 90.3 cm³/mol. The second-order valence-corrected chi connectivity index (χ2v) is 8.33. The molecule has 26 heavy (non-hydrogen) atoms. The molecule has 0 saturated heterocycles. The first-order valence-corrected chi connectivity index (χ1v) is 9.32. The first-order valence-electron chi connectivity index (χ1n) is 9.32. The Kier molecular flexibility index (Phi) is 4.24. The molecule has 1 aromatic rings. The quantitative estimate of drug-likeness (QED) is 0.832. The second kappa shape index (κ2) is 6.32. The first kappa shape index (κ1) is 17.4. The van der Waals surface area contributed by atoms with Crippen LogP contribution >= 0.6 is 0 Å². The van der Waals surface area contributed by atoms with Crippen molar-refractivity contribution in [2.75, 3.05) is 0 Å². The lowest BCUT2D eigenvalue weighted by Gasteiger charge is -2.57. The van der Waals surface area contributed by atoms with Gasteiger partial charge in [-0.2, -0.15) is 0 Å². The van der Waals surface area contributed by atoms with E-state index in [4.69, 9.17) is 4.74 Å². The molecule has 0 radical (unpaired) electrons. The molecule has 0 unspecified atom stereocenters. The van der Waals surface area contributed by atoms with Crippen LogP contribution in [-0.2, 0) is 9.53 Å². The third-order valence-electron chi connectivity index (χ3n) is 6.25. The molecule has 4 fully saturated rings. The highest BCUT2D eigenvalue weighted by atomic mass is 19.1. The lowest BCUT2D eigenvalue weighted by molar-refractivity contribution is -0.134. The van der Waals surface area contributed by atoms with Crippen molar-refractivity contribution in [1.29, 1.82) is 0 Å². The summed E-state index contributed by atoms with van der Waals surface area (Å²) in [7, 11) is 0. The molecule has 0 aliphatic heterocycles. The number of carbonyl (C=O) groups is 2. The number of nitrogens with one attached hydrogen (secondary N) is 1. The molecule has 1 amide bonds. The number of hydrogen-bond acceptors (Lipinski definition) is 3. The van der Waals surface area contributed by atoms with Gasteiger partial charge in [0, 0.05) is 5.54 Å². The normalized spacial score (nSPS) is 33.0. The maximum absolute atomic E-state index is 13.7. The Bertz CT molecular complexity index is 693. The number of halogens is 2. The molecule has 0 aromatic heterocycles. The van der Waals surface area contributed by atoms with Gasteiger partial charge in [0.15, 0.2) is 6.10 Å². The molecular weight excluding hydrogens is 340 g/mol. The van der Waals surface area contributed by atoms with Crippen molar-refractivity contribution in [1.82, 2.24) is 5.32 Å². The summed E-state index contributed by atoms with van der Waals surface area (Å²) in [6.07, 6.45) is 5.60. The van der Waals surface area contributed by atoms with Crippen molar-refractivity contribution in [2.24, 2.45) is 17.8 Å². The largest absolute Gasteiger partial charge is 0.449 e. The summed E-state index contributed by atoms with van der Waals surface area (Å²) in [4.78, 5) is 24.7. The molecular formula is C20H23F2NO3. The van der Waals surface area contributed by atoms with E-state index >= 15 is 0 Å². The number of esters is 1. The minimum atomic E-state index is -1.16. The number of rotatable bonds is 4. The van der Waals surface area contributed by atoms with Crippen LogP contribution in [0.3, 0.4) is 0 Å². The predicted octanol–water partition coefficient (Wildman–Crippen LogP) is 3.60. The highest BCUT2D eigenvalue weighted by molar-refractivity contribution is 5.92. The molecule has 4 bridgehead atoms. The zero-order chi connectivity index (χ0) is 18.5. The fourth-order valence-electron chi connectivity index (χ4n) is 5.59. The summed E-state index contributed by atoms with van der Waals surface area (Å²) in [5.74, 6) is -1.52. The van der Waals surface area contributed by atoms with Gasteiger partial charge < -0.3 is 10.1 Å². The van der Waals surface area contributed by atoms with Crippen molar-refractivity contribution >= 4 is 11.9 Å². The molecule has 1 N–H and O–H groups in total. The van der Waals surface area contributed by atoms with Crippen LogP contribution in [0.25, 0.3) is 0 Å². The van der Waals surface area contributed by atoms with E-state index in [1.807, 2.05) is 0 Å². The SMILES string of the molecule is C[C@H](OC(=O)c1c(F)cccc1F)C(=O)NC12CC3CC(CC(C3)C1)C2. The third kappa shape index (κ3) is 3.10. The van der Waals surface area contributed by atoms with Crippen LogP contribution in [0.1, 0.15) is 55.8 Å². The number of benzene rings is 1. The smallest absolute Gasteiger partial charge is 0.344 e. The number of hydrogen-bond donors (Lipinski definition) is 1. The molecule has 0 heterocycles. The molecule has 1 atom stereocenters. The lowest BCUT2D eigenvalue weighted by Crippen LogP contribution is -2.61. The fraction of sp³-hybridized carbons (Fsp3) is 0.600. The molecule has 140 valence electrons. The van der Waals surface area contributed by atoms with Gasteiger partial charge in [0.25, 0.3) is 5.91 Å². The van der Waals surface area contributed by atoms with Gasteiger partial charge in [0.1, 0.15) is 17.2 Å². The van der Waals surface area contributed by atoms with Crippen LogP contribution in [0.5, 0.6) is 0 Å². The highest BCUT2D eigenvalue weighted by Gasteiger charge is 2.51. The van der Waals surface area contributed by atoms with Crippen molar-refractivity contribution in [3.63, 3.8) is 0 Å². The van der Waals surface area contributed by atoms with Gasteiger partial charge in [-0.3, -0.25) is 4.79 Å². The highest BCUT2D eigenvalue weighted by Crippen LogP contribution is 2.55. The van der Waals surface area contributed by atoms with Gasteiger partial charge in [-0.05, 0) is 75.3 Å². The van der Waals surface area contributed by atoms with Crippen LogP contribution in [-0.4, -0.2) is 23.5 Å². The summed E-state index contributed by atoms with van der Waals surface area (Å²) in [6, 6.07) is 3.14. The summed E-state index contributed by atoms with van der Waals surface area (Å²) in [5, 5.41) is 3.11. The van der Waals surface area contributed by atoms with E-state index in [-0.39, 0.29) is 5.54 Å². The standard InChI is InChI=1S/C20H23F2NO3/c1-11(26-19(25)17-15(21)3-2-4-16(17)22)18(24)23-20-8-12-5-13(9-20)7-14(6-12)10-20/h2-4,11-14H,5-10H2,1H3,(H,23,24)/t11-,12?,13?,14?,20?/m0/s1. The van der Waals surface area contributed by atoms with E-state index in [0.717, 1.165) is 31.4 Å². The van der Waals surface area contributed by atoms with Gasteiger partial charge in [0.05, 0.1) is 0 Å². The second-order valence-electron chi connectivity index (χ2n) is 8.33. The molecule has 5 rings (SSSR count). The van der Waals surface area contributed by atoms with E-state index in [1.165, 1.54) is 32.3 Å². The van der Waals surface area contributed by atoms with Crippen LogP contribution in [0.4, 0.5) is 8.78 Å². The third-order valence-corrected chi connectivity index (χ3v) is 6.25. The van der Waals surface area contributed by atoms with Crippen LogP contribution < -0.4 is 5.32 Å². The average molecular weight is 363 g/mol. The summed E-state index contributed by atoms with van der Waals surface area (Å²) in [5.41, 5.74) is -0.961. The summed E-state index contributed by atoms with van der Waals surface area (Å²) >= 11 is 0. The molecule has 0 spiro atoms. The molecule has 4 nitrogen and oxygen atoms in total. The molecule has 6 heteroatoms. The van der Waals surface area contributed by atoms with E-state index in [9.17, 15) is 18.4 Å². The minimum absolute atomic E-state index is 0.199. The molecule has 4 saturated carbocycles. The van der Waals surface area contributed by atoms with E-state index in [1.54, 1.807) is 0 Å². The molecule has 1 aromatic carbocycles. The van der Waals surface area contributed by atoms with Crippen molar-refractivity contribution in [3.8, 4) is 0 Å². The van der Waals surface area contributed by atoms with Crippen LogP contribution in [0.15, 0.2) is 18.2 Å². The van der Waals surface area contributed by atoms with Crippen molar-refractivity contribution in [2.45, 2.75) is 57.1 Å². The number of carbonyl (C=O) groups excluding carboxylic acids is 2. The van der Waals surface area contributed by atoms with Gasteiger partial charge in [0.2, 0.25) is 0 Å². The van der Waals surface area contributed by atoms with E-state index in [0.29, 0.717) is 17.8 Å². The Balaban J connectivity index is 1.42. The first-order chi connectivity index (χ1) is 12.3. The maximum atomic E-state index is 13.7. The van der Waals surface area contributed by atoms with Gasteiger partial charge in [-0.15, -0.1) is 0 Å². The summed E-state index contributed by atoms with van der Waals surface area (Å²) in [6.45, 7) is 1.44. The van der Waals surface area contributed by atoms with Crippen LogP contribution in [0, 0.1) is 29.4 Å². The zero-order valence-electron chi connectivity index (χ0n) is 14.8. The zero-order valence-corrected chi connectivity index (χ0v) is 14.8. The summed E-state index contributed by atoms with van der Waals surface area (Å²) < 4.78 is 32.4. The maximum Gasteiger partial charge on any atom is 0.344 e. The van der Waals surface area contributed by atoms with Gasteiger partial charge >= 0.3 is 5.97 Å². The van der Waals surface area contributed by atoms with E-state index in [2.05, 4.69) is 5.32 Å². The van der Waals surface area contributed by atoms with E-state index < -0.39 is 35.2 Å². The molecule has 4 aliphatic carbocycles. The Labute approximate surface area is 151 Å². The Hall–Kier alpha value is -1.98. The Morgan fingerprint density at radius 2 is 1.58 bits per heavy atom. The number of amides is 1. The Morgan fingerprint density at radius 3 is 2.08 bits per heavy atom. The monoisotopic (exact) mass is 363 g/mol. The van der Waals surface area contributed by atoms with Gasteiger partial charge in [-0.25, -0.2) is 13.6 Å².